The van der Waals surface area contributed by atoms with E-state index in [2.05, 4.69) is 20.5 Å². The van der Waals surface area contributed by atoms with Crippen LogP contribution in [0, 0.1) is 0 Å². The number of benzene rings is 1. The molecule has 3 N–H and O–H groups in total. The maximum Gasteiger partial charge on any atom is 0.234 e. The van der Waals surface area contributed by atoms with Gasteiger partial charge in [0.1, 0.15) is 16.3 Å². The van der Waals surface area contributed by atoms with E-state index >= 15 is 0 Å². The van der Waals surface area contributed by atoms with Crippen molar-refractivity contribution < 1.29 is 14.3 Å². The first kappa shape index (κ1) is 20.9. The molecule has 0 aliphatic carbocycles. The molecule has 3 heterocycles. The van der Waals surface area contributed by atoms with E-state index in [0.29, 0.717) is 33.9 Å². The quantitative estimate of drug-likeness (QED) is 0.406. The SMILES string of the molecule is COc1ccc(NC(=O)CSc2nnc(-c3sc4ncccc4c3N)n2C)c(OC)c1. The third-order valence-corrected chi connectivity index (χ3v) is 6.70. The Morgan fingerprint density at radius 2 is 2.10 bits per heavy atom. The molecule has 4 rings (SSSR count). The predicted octanol–water partition coefficient (Wildman–Crippen LogP) is 3.42. The van der Waals surface area contributed by atoms with E-state index in [4.69, 9.17) is 15.2 Å². The number of pyridine rings is 1. The summed E-state index contributed by atoms with van der Waals surface area (Å²) in [7, 11) is 4.95. The van der Waals surface area contributed by atoms with Gasteiger partial charge in [0.25, 0.3) is 0 Å². The van der Waals surface area contributed by atoms with E-state index in [0.717, 1.165) is 15.1 Å². The largest absolute Gasteiger partial charge is 0.497 e. The van der Waals surface area contributed by atoms with Crippen LogP contribution in [0.1, 0.15) is 0 Å². The van der Waals surface area contributed by atoms with Gasteiger partial charge in [-0.15, -0.1) is 21.5 Å². The van der Waals surface area contributed by atoms with Crippen molar-refractivity contribution in [2.24, 2.45) is 7.05 Å². The second-order valence-corrected chi connectivity index (χ2v) is 8.41. The van der Waals surface area contributed by atoms with Crippen molar-refractivity contribution in [2.75, 3.05) is 31.0 Å². The van der Waals surface area contributed by atoms with Crippen LogP contribution in [0.15, 0.2) is 41.7 Å². The number of nitrogens with two attached hydrogens (primary N) is 1. The average Bonchev–Trinajstić information content (AvgIpc) is 3.32. The Labute approximate surface area is 186 Å². The first-order chi connectivity index (χ1) is 15.0. The number of carbonyl (C=O) groups is 1. The second kappa shape index (κ2) is 8.82. The fraction of sp³-hybridized carbons (Fsp3) is 0.200. The van der Waals surface area contributed by atoms with Gasteiger partial charge in [-0.05, 0) is 24.3 Å². The van der Waals surface area contributed by atoms with Crippen LogP contribution in [0.2, 0.25) is 0 Å². The molecule has 0 atom stereocenters. The van der Waals surface area contributed by atoms with Crippen molar-refractivity contribution >= 4 is 50.6 Å². The highest BCUT2D eigenvalue weighted by Gasteiger charge is 2.19. The van der Waals surface area contributed by atoms with E-state index < -0.39 is 0 Å². The number of amides is 1. The van der Waals surface area contributed by atoms with E-state index in [1.807, 2.05) is 23.7 Å². The van der Waals surface area contributed by atoms with Crippen LogP contribution in [-0.4, -0.2) is 45.6 Å². The van der Waals surface area contributed by atoms with Crippen molar-refractivity contribution in [3.8, 4) is 22.2 Å². The zero-order chi connectivity index (χ0) is 22.0. The molecular weight excluding hydrogens is 436 g/mol. The first-order valence-corrected chi connectivity index (χ1v) is 11.0. The number of rotatable bonds is 7. The summed E-state index contributed by atoms with van der Waals surface area (Å²) in [5.74, 6) is 1.77. The molecule has 0 saturated carbocycles. The van der Waals surface area contributed by atoms with Gasteiger partial charge >= 0.3 is 0 Å². The van der Waals surface area contributed by atoms with Crippen molar-refractivity contribution in [3.63, 3.8) is 0 Å². The lowest BCUT2D eigenvalue weighted by Crippen LogP contribution is -2.15. The Kier molecular flexibility index (Phi) is 5.96. The van der Waals surface area contributed by atoms with E-state index in [1.165, 1.54) is 30.2 Å². The maximum atomic E-state index is 12.5. The smallest absolute Gasteiger partial charge is 0.234 e. The molecule has 31 heavy (non-hydrogen) atoms. The highest BCUT2D eigenvalue weighted by Crippen LogP contribution is 2.39. The van der Waals surface area contributed by atoms with Gasteiger partial charge in [0.15, 0.2) is 11.0 Å². The lowest BCUT2D eigenvalue weighted by molar-refractivity contribution is -0.113. The molecule has 160 valence electrons. The van der Waals surface area contributed by atoms with E-state index in [9.17, 15) is 4.79 Å². The van der Waals surface area contributed by atoms with Gasteiger partial charge in [0.05, 0.1) is 36.2 Å². The van der Waals surface area contributed by atoms with E-state index in [1.54, 1.807) is 31.5 Å². The highest BCUT2D eigenvalue weighted by molar-refractivity contribution is 7.99. The summed E-state index contributed by atoms with van der Waals surface area (Å²) in [6.45, 7) is 0. The Hall–Kier alpha value is -3.31. The number of ether oxygens (including phenoxy) is 2. The number of methoxy groups -OCH3 is 2. The molecule has 4 aromatic rings. The summed E-state index contributed by atoms with van der Waals surface area (Å²) < 4.78 is 12.3. The molecule has 0 saturated heterocycles. The van der Waals surface area contributed by atoms with Crippen molar-refractivity contribution in [1.29, 1.82) is 0 Å². The van der Waals surface area contributed by atoms with Crippen molar-refractivity contribution in [3.05, 3.63) is 36.5 Å². The average molecular weight is 457 g/mol. The standard InChI is InChI=1S/C20H20N6O3S2/c1-26-18(17-16(21)12-5-4-8-22-19(12)31-17)24-25-20(26)30-10-15(27)23-13-7-6-11(28-2)9-14(13)29-3/h4-9H,10,21H2,1-3H3,(H,23,27). The zero-order valence-corrected chi connectivity index (χ0v) is 18.7. The lowest BCUT2D eigenvalue weighted by atomic mass is 10.2. The molecule has 0 bridgehead atoms. The van der Waals surface area contributed by atoms with Gasteiger partial charge in [-0.2, -0.15) is 0 Å². The number of thioether (sulfide) groups is 1. The van der Waals surface area contributed by atoms with Gasteiger partial charge in [-0.3, -0.25) is 4.79 Å². The summed E-state index contributed by atoms with van der Waals surface area (Å²) in [5.41, 5.74) is 7.50. The minimum absolute atomic E-state index is 0.157. The van der Waals surface area contributed by atoms with Crippen LogP contribution in [-0.2, 0) is 11.8 Å². The van der Waals surface area contributed by atoms with Crippen LogP contribution in [0.3, 0.4) is 0 Å². The van der Waals surface area contributed by atoms with Crippen LogP contribution < -0.4 is 20.5 Å². The molecule has 9 nitrogen and oxygen atoms in total. The van der Waals surface area contributed by atoms with Gasteiger partial charge in [0.2, 0.25) is 5.91 Å². The number of nitrogens with one attached hydrogen (secondary N) is 1. The maximum absolute atomic E-state index is 12.5. The zero-order valence-electron chi connectivity index (χ0n) is 17.1. The summed E-state index contributed by atoms with van der Waals surface area (Å²) >= 11 is 2.75. The Morgan fingerprint density at radius 1 is 1.26 bits per heavy atom. The van der Waals surface area contributed by atoms with E-state index in [-0.39, 0.29) is 11.7 Å². The molecule has 11 heteroatoms. The van der Waals surface area contributed by atoms with Gasteiger partial charge in [0, 0.05) is 24.7 Å². The molecular formula is C20H20N6O3S2. The Balaban J connectivity index is 1.47. The van der Waals surface area contributed by atoms with Crippen LogP contribution in [0.4, 0.5) is 11.4 Å². The normalized spacial score (nSPS) is 10.9. The number of hydrogen-bond donors (Lipinski definition) is 2. The summed E-state index contributed by atoms with van der Waals surface area (Å²) in [5, 5.41) is 12.9. The van der Waals surface area contributed by atoms with Crippen molar-refractivity contribution in [2.45, 2.75) is 5.16 Å². The van der Waals surface area contributed by atoms with Crippen molar-refractivity contribution in [1.82, 2.24) is 19.7 Å². The Morgan fingerprint density at radius 3 is 2.84 bits per heavy atom. The Bertz CT molecular complexity index is 1250. The fourth-order valence-corrected chi connectivity index (χ4v) is 4.77. The molecule has 0 unspecified atom stereocenters. The number of fused-ring (bicyclic) bond motifs is 1. The summed E-state index contributed by atoms with van der Waals surface area (Å²) in [6, 6.07) is 8.98. The molecule has 1 aromatic carbocycles. The number of thiophene rings is 1. The monoisotopic (exact) mass is 456 g/mol. The second-order valence-electron chi connectivity index (χ2n) is 6.47. The number of hydrogen-bond acceptors (Lipinski definition) is 9. The highest BCUT2D eigenvalue weighted by atomic mass is 32.2. The number of nitrogens with zero attached hydrogens (tertiary/aromatic N) is 4. The molecule has 0 spiro atoms. The summed E-state index contributed by atoms with van der Waals surface area (Å²) in [4.78, 5) is 18.5. The fourth-order valence-electron chi connectivity index (χ4n) is 2.97. The number of anilines is 2. The summed E-state index contributed by atoms with van der Waals surface area (Å²) in [6.07, 6.45) is 1.73. The number of nitrogen functional groups attached to an aromatic ring is 1. The third kappa shape index (κ3) is 4.14. The molecule has 0 fully saturated rings. The molecule has 0 radical (unpaired) electrons. The molecule has 0 aliphatic heterocycles. The predicted molar refractivity (Wildman–Crippen MR) is 123 cm³/mol. The molecule has 1 amide bonds. The third-order valence-electron chi connectivity index (χ3n) is 4.56. The number of aromatic nitrogens is 4. The number of carbonyl (C=O) groups excluding carboxylic acids is 1. The minimum Gasteiger partial charge on any atom is -0.497 e. The topological polar surface area (TPSA) is 117 Å². The van der Waals surface area contributed by atoms with Gasteiger partial charge in [-0.25, -0.2) is 4.98 Å². The minimum atomic E-state index is -0.191. The first-order valence-electron chi connectivity index (χ1n) is 9.19. The van der Waals surface area contributed by atoms with Crippen LogP contribution in [0.5, 0.6) is 11.5 Å². The van der Waals surface area contributed by atoms with Gasteiger partial charge < -0.3 is 25.1 Å². The lowest BCUT2D eigenvalue weighted by Gasteiger charge is -2.11. The van der Waals surface area contributed by atoms with Crippen LogP contribution >= 0.6 is 23.1 Å². The van der Waals surface area contributed by atoms with Crippen LogP contribution in [0.25, 0.3) is 20.9 Å². The van der Waals surface area contributed by atoms with Gasteiger partial charge in [-0.1, -0.05) is 11.8 Å². The molecule has 0 aliphatic rings. The molecule has 3 aromatic heterocycles.